The summed E-state index contributed by atoms with van der Waals surface area (Å²) in [6.45, 7) is 6.95. The van der Waals surface area contributed by atoms with Crippen molar-refractivity contribution in [1.29, 1.82) is 0 Å². The maximum atomic E-state index is 11.0. The van der Waals surface area contributed by atoms with Gasteiger partial charge in [-0.05, 0) is 16.5 Å². The van der Waals surface area contributed by atoms with Crippen LogP contribution in [0.4, 0.5) is 4.79 Å². The van der Waals surface area contributed by atoms with E-state index in [0.29, 0.717) is 6.61 Å². The Kier molecular flexibility index (Phi) is 2.62. The van der Waals surface area contributed by atoms with Crippen LogP contribution in [-0.4, -0.2) is 12.7 Å². The molecule has 1 amide bonds. The third-order valence-electron chi connectivity index (χ3n) is 2.83. The number of cyclic esters (lactones) is 1. The van der Waals surface area contributed by atoms with E-state index in [1.807, 2.05) is 12.1 Å². The van der Waals surface area contributed by atoms with E-state index in [2.05, 4.69) is 38.2 Å². The van der Waals surface area contributed by atoms with Gasteiger partial charge in [0.15, 0.2) is 0 Å². The average Bonchev–Trinajstić information content (AvgIpc) is 2.64. The number of carbonyl (C=O) groups is 1. The van der Waals surface area contributed by atoms with Crippen molar-refractivity contribution >= 4 is 6.09 Å². The van der Waals surface area contributed by atoms with Crippen LogP contribution in [0.2, 0.25) is 0 Å². The molecule has 2 rings (SSSR count). The molecule has 1 atom stereocenters. The molecule has 1 aromatic carbocycles. The molecule has 1 aromatic rings. The van der Waals surface area contributed by atoms with Crippen molar-refractivity contribution < 1.29 is 9.53 Å². The van der Waals surface area contributed by atoms with Crippen molar-refractivity contribution in [2.24, 2.45) is 0 Å². The first-order chi connectivity index (χ1) is 7.47. The lowest BCUT2D eigenvalue weighted by Crippen LogP contribution is -2.19. The SMILES string of the molecule is CC(C)(C)c1cccc(C2COC(=O)N2)c1. The summed E-state index contributed by atoms with van der Waals surface area (Å²) in [5, 5.41) is 2.79. The van der Waals surface area contributed by atoms with Gasteiger partial charge in [-0.2, -0.15) is 0 Å². The predicted molar refractivity (Wildman–Crippen MR) is 62.4 cm³/mol. The summed E-state index contributed by atoms with van der Waals surface area (Å²) in [5.41, 5.74) is 2.50. The van der Waals surface area contributed by atoms with Gasteiger partial charge in [0.1, 0.15) is 6.61 Å². The van der Waals surface area contributed by atoms with Crippen molar-refractivity contribution in [2.75, 3.05) is 6.61 Å². The smallest absolute Gasteiger partial charge is 0.407 e. The third kappa shape index (κ3) is 2.18. The second kappa shape index (κ2) is 3.81. The number of benzene rings is 1. The second-order valence-electron chi connectivity index (χ2n) is 5.17. The van der Waals surface area contributed by atoms with Crippen molar-refractivity contribution in [3.05, 3.63) is 35.4 Å². The lowest BCUT2D eigenvalue weighted by atomic mass is 9.85. The first-order valence-electron chi connectivity index (χ1n) is 5.50. The molecule has 86 valence electrons. The van der Waals surface area contributed by atoms with Gasteiger partial charge in [-0.15, -0.1) is 0 Å². The van der Waals surface area contributed by atoms with Crippen LogP contribution in [0.25, 0.3) is 0 Å². The minimum Gasteiger partial charge on any atom is -0.447 e. The molecule has 1 aliphatic heterocycles. The molecule has 0 radical (unpaired) electrons. The number of carbonyl (C=O) groups excluding carboxylic acids is 1. The first-order valence-corrected chi connectivity index (χ1v) is 5.50. The number of hydrogen-bond donors (Lipinski definition) is 1. The Balaban J connectivity index is 2.26. The molecule has 1 fully saturated rings. The third-order valence-corrected chi connectivity index (χ3v) is 2.83. The fourth-order valence-corrected chi connectivity index (χ4v) is 1.79. The molecule has 1 heterocycles. The van der Waals surface area contributed by atoms with Crippen LogP contribution in [-0.2, 0) is 10.2 Å². The monoisotopic (exact) mass is 219 g/mol. The maximum absolute atomic E-state index is 11.0. The van der Waals surface area contributed by atoms with Gasteiger partial charge in [-0.25, -0.2) is 4.79 Å². The normalized spacial score (nSPS) is 20.4. The van der Waals surface area contributed by atoms with Gasteiger partial charge in [0, 0.05) is 0 Å². The van der Waals surface area contributed by atoms with Crippen molar-refractivity contribution in [1.82, 2.24) is 5.32 Å². The molecule has 0 spiro atoms. The molecule has 1 unspecified atom stereocenters. The molecule has 16 heavy (non-hydrogen) atoms. The summed E-state index contributed by atoms with van der Waals surface area (Å²) < 4.78 is 4.90. The Hall–Kier alpha value is -1.51. The lowest BCUT2D eigenvalue weighted by Gasteiger charge is -2.20. The minimum absolute atomic E-state index is 0.00481. The zero-order valence-corrected chi connectivity index (χ0v) is 9.91. The van der Waals surface area contributed by atoms with E-state index < -0.39 is 0 Å². The van der Waals surface area contributed by atoms with Crippen molar-refractivity contribution in [2.45, 2.75) is 32.2 Å². The van der Waals surface area contributed by atoms with E-state index in [0.717, 1.165) is 5.56 Å². The number of hydrogen-bond acceptors (Lipinski definition) is 2. The quantitative estimate of drug-likeness (QED) is 0.788. The fraction of sp³-hybridized carbons (Fsp3) is 0.462. The Morgan fingerprint density at radius 3 is 2.69 bits per heavy atom. The summed E-state index contributed by atoms with van der Waals surface area (Å²) in [5.74, 6) is 0. The van der Waals surface area contributed by atoms with Crippen LogP contribution in [0.15, 0.2) is 24.3 Å². The largest absolute Gasteiger partial charge is 0.447 e. The predicted octanol–water partition coefficient (Wildman–Crippen LogP) is 2.77. The molecule has 3 nitrogen and oxygen atoms in total. The topological polar surface area (TPSA) is 38.3 Å². The van der Waals surface area contributed by atoms with E-state index in [9.17, 15) is 4.79 Å². The second-order valence-corrected chi connectivity index (χ2v) is 5.17. The maximum Gasteiger partial charge on any atom is 0.407 e. The van der Waals surface area contributed by atoms with E-state index in [1.165, 1.54) is 5.56 Å². The van der Waals surface area contributed by atoms with E-state index in [1.54, 1.807) is 0 Å². The summed E-state index contributed by atoms with van der Waals surface area (Å²) in [6, 6.07) is 8.30. The van der Waals surface area contributed by atoms with E-state index in [4.69, 9.17) is 4.74 Å². The van der Waals surface area contributed by atoms with Gasteiger partial charge in [0.2, 0.25) is 0 Å². The standard InChI is InChI=1S/C13H17NO2/c1-13(2,3)10-6-4-5-9(7-10)11-8-16-12(15)14-11/h4-7,11H,8H2,1-3H3,(H,14,15). The van der Waals surface area contributed by atoms with Crippen LogP contribution in [0.3, 0.4) is 0 Å². The number of ether oxygens (including phenoxy) is 1. The van der Waals surface area contributed by atoms with Crippen molar-refractivity contribution in [3.8, 4) is 0 Å². The van der Waals surface area contributed by atoms with Crippen LogP contribution in [0.5, 0.6) is 0 Å². The lowest BCUT2D eigenvalue weighted by molar-refractivity contribution is 0.177. The van der Waals surface area contributed by atoms with E-state index in [-0.39, 0.29) is 17.6 Å². The number of nitrogens with one attached hydrogen (secondary N) is 1. The minimum atomic E-state index is -0.328. The zero-order valence-electron chi connectivity index (χ0n) is 9.91. The Morgan fingerprint density at radius 1 is 1.38 bits per heavy atom. The molecule has 3 heteroatoms. The fourth-order valence-electron chi connectivity index (χ4n) is 1.79. The first kappa shape index (κ1) is 11.0. The highest BCUT2D eigenvalue weighted by Crippen LogP contribution is 2.26. The molecular weight excluding hydrogens is 202 g/mol. The number of alkyl carbamates (subject to hydrolysis) is 1. The highest BCUT2D eigenvalue weighted by Gasteiger charge is 2.24. The van der Waals surface area contributed by atoms with Crippen LogP contribution >= 0.6 is 0 Å². The highest BCUT2D eigenvalue weighted by atomic mass is 16.6. The van der Waals surface area contributed by atoms with Gasteiger partial charge < -0.3 is 10.1 Å². The highest BCUT2D eigenvalue weighted by molar-refractivity contribution is 5.70. The summed E-state index contributed by atoms with van der Waals surface area (Å²) >= 11 is 0. The molecule has 0 bridgehead atoms. The Bertz CT molecular complexity index is 407. The van der Waals surface area contributed by atoms with Gasteiger partial charge in [0.25, 0.3) is 0 Å². The Labute approximate surface area is 95.8 Å². The van der Waals surface area contributed by atoms with E-state index >= 15 is 0 Å². The van der Waals surface area contributed by atoms with Gasteiger partial charge in [0.05, 0.1) is 6.04 Å². The number of amides is 1. The zero-order chi connectivity index (χ0) is 11.8. The molecule has 0 aliphatic carbocycles. The summed E-state index contributed by atoms with van der Waals surface area (Å²) in [6.07, 6.45) is -0.328. The summed E-state index contributed by atoms with van der Waals surface area (Å²) in [4.78, 5) is 11.0. The molecule has 0 aromatic heterocycles. The molecule has 1 saturated heterocycles. The molecular formula is C13H17NO2. The molecule has 0 saturated carbocycles. The Morgan fingerprint density at radius 2 is 2.12 bits per heavy atom. The average molecular weight is 219 g/mol. The van der Waals surface area contributed by atoms with Crippen LogP contribution in [0, 0.1) is 0 Å². The number of rotatable bonds is 1. The van der Waals surface area contributed by atoms with Gasteiger partial charge >= 0.3 is 6.09 Å². The van der Waals surface area contributed by atoms with Crippen LogP contribution < -0.4 is 5.32 Å². The van der Waals surface area contributed by atoms with Crippen LogP contribution in [0.1, 0.15) is 37.9 Å². The summed E-state index contributed by atoms with van der Waals surface area (Å²) in [7, 11) is 0. The molecule has 1 aliphatic rings. The van der Waals surface area contributed by atoms with Gasteiger partial charge in [-0.3, -0.25) is 0 Å². The van der Waals surface area contributed by atoms with Crippen molar-refractivity contribution in [3.63, 3.8) is 0 Å². The van der Waals surface area contributed by atoms with Gasteiger partial charge in [-0.1, -0.05) is 45.0 Å². The molecule has 1 N–H and O–H groups in total.